The zero-order valence-corrected chi connectivity index (χ0v) is 8.09. The van der Waals surface area contributed by atoms with Crippen molar-refractivity contribution in [3.8, 4) is 0 Å². The molecule has 1 aromatic rings. The van der Waals surface area contributed by atoms with Crippen LogP contribution in [0.1, 0.15) is 12.8 Å². The molecule has 2 heterocycles. The molecule has 1 saturated heterocycles. The van der Waals surface area contributed by atoms with Crippen molar-refractivity contribution in [1.82, 2.24) is 4.98 Å². The Balaban J connectivity index is 2.08. The standard InChI is InChI=1S/C10H11F3N2/c11-8-2-1-3-9(14-8)15-6-4-10(12,13)5-7-15/h1-3H,4-7H2. The van der Waals surface area contributed by atoms with Gasteiger partial charge in [0.1, 0.15) is 5.82 Å². The topological polar surface area (TPSA) is 16.1 Å². The number of anilines is 1. The van der Waals surface area contributed by atoms with E-state index in [2.05, 4.69) is 4.98 Å². The van der Waals surface area contributed by atoms with Crippen molar-refractivity contribution in [2.45, 2.75) is 18.8 Å². The minimum absolute atomic E-state index is 0.189. The van der Waals surface area contributed by atoms with Crippen LogP contribution in [0.4, 0.5) is 19.0 Å². The molecule has 0 aliphatic carbocycles. The van der Waals surface area contributed by atoms with E-state index in [0.717, 1.165) is 0 Å². The maximum absolute atomic E-state index is 12.9. The largest absolute Gasteiger partial charge is 0.356 e. The number of alkyl halides is 2. The molecular formula is C10H11F3N2. The number of aromatic nitrogens is 1. The molecule has 1 aliphatic rings. The third-order valence-corrected chi connectivity index (χ3v) is 2.52. The molecule has 0 saturated carbocycles. The van der Waals surface area contributed by atoms with Gasteiger partial charge in [-0.15, -0.1) is 0 Å². The van der Waals surface area contributed by atoms with Crippen LogP contribution in [-0.4, -0.2) is 24.0 Å². The highest BCUT2D eigenvalue weighted by Gasteiger charge is 2.34. The maximum atomic E-state index is 12.9. The lowest BCUT2D eigenvalue weighted by molar-refractivity contribution is -0.0221. The van der Waals surface area contributed by atoms with Crippen molar-refractivity contribution in [3.05, 3.63) is 24.1 Å². The van der Waals surface area contributed by atoms with Gasteiger partial charge in [-0.05, 0) is 12.1 Å². The van der Waals surface area contributed by atoms with Crippen LogP contribution < -0.4 is 4.90 Å². The first-order chi connectivity index (χ1) is 7.07. The molecule has 2 rings (SSSR count). The molecule has 0 spiro atoms. The molecule has 82 valence electrons. The fourth-order valence-electron chi connectivity index (χ4n) is 1.64. The van der Waals surface area contributed by atoms with Crippen LogP contribution in [0.5, 0.6) is 0 Å². The van der Waals surface area contributed by atoms with Crippen molar-refractivity contribution >= 4 is 5.82 Å². The zero-order valence-electron chi connectivity index (χ0n) is 8.09. The van der Waals surface area contributed by atoms with Gasteiger partial charge in [-0.25, -0.2) is 13.8 Å². The highest BCUT2D eigenvalue weighted by molar-refractivity contribution is 5.38. The first-order valence-electron chi connectivity index (χ1n) is 4.82. The second-order valence-corrected chi connectivity index (χ2v) is 3.66. The Labute approximate surface area is 85.7 Å². The van der Waals surface area contributed by atoms with Crippen molar-refractivity contribution < 1.29 is 13.2 Å². The van der Waals surface area contributed by atoms with Crippen molar-refractivity contribution in [3.63, 3.8) is 0 Å². The third kappa shape index (κ3) is 2.40. The number of rotatable bonds is 1. The molecule has 1 aromatic heterocycles. The number of piperidine rings is 1. The van der Waals surface area contributed by atoms with Crippen LogP contribution >= 0.6 is 0 Å². The Hall–Kier alpha value is -1.26. The van der Waals surface area contributed by atoms with Crippen LogP contribution in [0.25, 0.3) is 0 Å². The van der Waals surface area contributed by atoms with Gasteiger partial charge in [0.05, 0.1) is 0 Å². The van der Waals surface area contributed by atoms with Gasteiger partial charge in [0.25, 0.3) is 5.92 Å². The van der Waals surface area contributed by atoms with E-state index in [1.54, 1.807) is 11.0 Å². The summed E-state index contributed by atoms with van der Waals surface area (Å²) in [4.78, 5) is 5.34. The molecule has 0 amide bonds. The first kappa shape index (κ1) is 10.3. The van der Waals surface area contributed by atoms with E-state index >= 15 is 0 Å². The van der Waals surface area contributed by atoms with E-state index < -0.39 is 11.9 Å². The van der Waals surface area contributed by atoms with Gasteiger partial charge in [-0.2, -0.15) is 4.39 Å². The summed E-state index contributed by atoms with van der Waals surface area (Å²) < 4.78 is 38.5. The first-order valence-corrected chi connectivity index (χ1v) is 4.82. The lowest BCUT2D eigenvalue weighted by Gasteiger charge is -2.32. The summed E-state index contributed by atoms with van der Waals surface area (Å²) in [7, 11) is 0. The normalized spacial score (nSPS) is 20.3. The lowest BCUT2D eigenvalue weighted by atomic mass is 10.1. The highest BCUT2D eigenvalue weighted by Crippen LogP contribution is 2.29. The predicted molar refractivity (Wildman–Crippen MR) is 50.6 cm³/mol. The monoisotopic (exact) mass is 216 g/mol. The Kier molecular flexibility index (Phi) is 2.54. The predicted octanol–water partition coefficient (Wildman–Crippen LogP) is 2.46. The molecule has 5 heteroatoms. The summed E-state index contributed by atoms with van der Waals surface area (Å²) in [5, 5.41) is 0. The smallest absolute Gasteiger partial charge is 0.251 e. The Morgan fingerprint density at radius 1 is 1.20 bits per heavy atom. The average molecular weight is 216 g/mol. The van der Waals surface area contributed by atoms with Crippen LogP contribution in [0.2, 0.25) is 0 Å². The van der Waals surface area contributed by atoms with Gasteiger partial charge < -0.3 is 4.90 Å². The maximum Gasteiger partial charge on any atom is 0.251 e. The molecule has 1 aliphatic heterocycles. The number of hydrogen-bond donors (Lipinski definition) is 0. The quantitative estimate of drug-likeness (QED) is 0.670. The van der Waals surface area contributed by atoms with Gasteiger partial charge in [0.15, 0.2) is 0 Å². The van der Waals surface area contributed by atoms with Crippen LogP contribution in [0.3, 0.4) is 0 Å². The van der Waals surface area contributed by atoms with Gasteiger partial charge in [-0.3, -0.25) is 0 Å². The molecule has 0 N–H and O–H groups in total. The number of hydrogen-bond acceptors (Lipinski definition) is 2. The van der Waals surface area contributed by atoms with Gasteiger partial charge in [0.2, 0.25) is 5.95 Å². The van der Waals surface area contributed by atoms with E-state index in [9.17, 15) is 13.2 Å². The fraction of sp³-hybridized carbons (Fsp3) is 0.500. The fourth-order valence-corrected chi connectivity index (χ4v) is 1.64. The summed E-state index contributed by atoms with van der Waals surface area (Å²) in [5.41, 5.74) is 0. The Bertz CT molecular complexity index is 344. The third-order valence-electron chi connectivity index (χ3n) is 2.52. The Morgan fingerprint density at radius 3 is 2.47 bits per heavy atom. The minimum Gasteiger partial charge on any atom is -0.356 e. The second-order valence-electron chi connectivity index (χ2n) is 3.66. The highest BCUT2D eigenvalue weighted by atomic mass is 19.3. The summed E-state index contributed by atoms with van der Waals surface area (Å²) in [5.74, 6) is -2.72. The molecular weight excluding hydrogens is 205 g/mol. The van der Waals surface area contributed by atoms with Crippen molar-refractivity contribution in [2.75, 3.05) is 18.0 Å². The molecule has 0 atom stereocenters. The van der Waals surface area contributed by atoms with E-state index in [1.807, 2.05) is 0 Å². The van der Waals surface area contributed by atoms with Gasteiger partial charge in [0, 0.05) is 25.9 Å². The van der Waals surface area contributed by atoms with Gasteiger partial charge in [-0.1, -0.05) is 6.07 Å². The molecule has 0 bridgehead atoms. The van der Waals surface area contributed by atoms with Gasteiger partial charge >= 0.3 is 0 Å². The summed E-state index contributed by atoms with van der Waals surface area (Å²) in [6.07, 6.45) is -0.379. The zero-order chi connectivity index (χ0) is 10.9. The summed E-state index contributed by atoms with van der Waals surface area (Å²) >= 11 is 0. The van der Waals surface area contributed by atoms with E-state index in [0.29, 0.717) is 5.82 Å². The number of halogens is 3. The summed E-state index contributed by atoms with van der Waals surface area (Å²) in [6, 6.07) is 4.40. The molecule has 0 aromatic carbocycles. The van der Waals surface area contributed by atoms with Crippen LogP contribution in [0.15, 0.2) is 18.2 Å². The van der Waals surface area contributed by atoms with Crippen molar-refractivity contribution in [1.29, 1.82) is 0 Å². The molecule has 2 nitrogen and oxygen atoms in total. The van der Waals surface area contributed by atoms with Crippen molar-refractivity contribution in [2.24, 2.45) is 0 Å². The number of nitrogens with zero attached hydrogens (tertiary/aromatic N) is 2. The molecule has 15 heavy (non-hydrogen) atoms. The van der Waals surface area contributed by atoms with Crippen LogP contribution in [0, 0.1) is 5.95 Å². The minimum atomic E-state index is -2.58. The molecule has 0 unspecified atom stereocenters. The SMILES string of the molecule is Fc1cccc(N2CCC(F)(F)CC2)n1. The number of pyridine rings is 1. The Morgan fingerprint density at radius 2 is 1.87 bits per heavy atom. The lowest BCUT2D eigenvalue weighted by Crippen LogP contribution is -2.39. The second kappa shape index (κ2) is 3.72. The molecule has 1 fully saturated rings. The average Bonchev–Trinajstić information content (AvgIpc) is 2.17. The van der Waals surface area contributed by atoms with Crippen LogP contribution in [-0.2, 0) is 0 Å². The summed E-state index contributed by atoms with van der Waals surface area (Å²) in [6.45, 7) is 0.451. The van der Waals surface area contributed by atoms with E-state index in [1.165, 1.54) is 12.1 Å². The molecule has 0 radical (unpaired) electrons. The van der Waals surface area contributed by atoms with E-state index in [4.69, 9.17) is 0 Å². The van der Waals surface area contributed by atoms with E-state index in [-0.39, 0.29) is 25.9 Å².